The van der Waals surface area contributed by atoms with Gasteiger partial charge in [0.2, 0.25) is 0 Å². The van der Waals surface area contributed by atoms with Gasteiger partial charge in [-0.1, -0.05) is 0 Å². The van der Waals surface area contributed by atoms with Crippen molar-refractivity contribution in [2.75, 3.05) is 0 Å². The zero-order valence-electron chi connectivity index (χ0n) is 10.6. The predicted octanol–water partition coefficient (Wildman–Crippen LogP) is 2.02. The number of unbranched alkanes of at least 4 members (excludes halogenated alkanes) is 2. The molecule has 0 aliphatic carbocycles. The van der Waals surface area contributed by atoms with Gasteiger partial charge in [0.15, 0.2) is 0 Å². The topological polar surface area (TPSA) is 54.0 Å². The van der Waals surface area contributed by atoms with Crippen LogP contribution in [0.25, 0.3) is 0 Å². The monoisotopic (exact) mass is 439 g/mol. The summed E-state index contributed by atoms with van der Waals surface area (Å²) in [4.78, 5) is 11.4. The van der Waals surface area contributed by atoms with Crippen LogP contribution in [0.2, 0.25) is 0 Å². The Labute approximate surface area is 109 Å². The minimum atomic E-state index is -3.63. The van der Waals surface area contributed by atoms with Gasteiger partial charge in [0.05, 0.1) is 0 Å². The van der Waals surface area contributed by atoms with Crippen LogP contribution in [0.15, 0.2) is 0 Å². The molecule has 3 aliphatic heterocycles. The van der Waals surface area contributed by atoms with E-state index in [0.29, 0.717) is 11.8 Å². The summed E-state index contributed by atoms with van der Waals surface area (Å²) in [5.74, 6) is -0.239. The molecular formula is C10H19BBiO5. The fourth-order valence-corrected chi connectivity index (χ4v) is 6.15. The molecule has 0 N–H and O–H groups in total. The summed E-state index contributed by atoms with van der Waals surface area (Å²) >= 11 is -3.63. The zero-order valence-corrected chi connectivity index (χ0v) is 14.1. The van der Waals surface area contributed by atoms with Gasteiger partial charge in [-0.15, -0.1) is 0 Å². The predicted molar refractivity (Wildman–Crippen MR) is 63.4 cm³/mol. The fraction of sp³-hybridized carbons (Fsp3) is 0.900. The minimum absolute atomic E-state index is 0.239. The van der Waals surface area contributed by atoms with Crippen molar-refractivity contribution in [3.63, 3.8) is 0 Å². The summed E-state index contributed by atoms with van der Waals surface area (Å²) in [5, 5.41) is 0. The second kappa shape index (κ2) is 5.12. The molecular weight excluding hydrogens is 420 g/mol. The van der Waals surface area contributed by atoms with Crippen LogP contribution in [0.1, 0.15) is 52.9 Å². The SMILES string of the molecule is CC(C)(C)CCCCCC(=O)[O][Bi]12[O]B([O]1)[O]2. The molecule has 0 aromatic carbocycles. The van der Waals surface area contributed by atoms with Crippen molar-refractivity contribution in [1.29, 1.82) is 0 Å². The Morgan fingerprint density at radius 1 is 1.18 bits per heavy atom. The molecule has 97 valence electrons. The van der Waals surface area contributed by atoms with E-state index in [-0.39, 0.29) is 5.97 Å². The Kier molecular flexibility index (Phi) is 4.13. The van der Waals surface area contributed by atoms with Crippen molar-refractivity contribution < 1.29 is 15.8 Å². The number of hydrogen-bond acceptors (Lipinski definition) is 5. The van der Waals surface area contributed by atoms with Crippen molar-refractivity contribution in [3.05, 3.63) is 0 Å². The Morgan fingerprint density at radius 2 is 1.82 bits per heavy atom. The molecule has 0 atom stereocenters. The van der Waals surface area contributed by atoms with Crippen molar-refractivity contribution in [3.8, 4) is 0 Å². The second-order valence-corrected chi connectivity index (χ2v) is 12.3. The van der Waals surface area contributed by atoms with Crippen LogP contribution in [0, 0.1) is 5.41 Å². The molecule has 3 heterocycles. The maximum absolute atomic E-state index is 11.4. The Hall–Kier alpha value is 0.298. The Balaban J connectivity index is 1.49. The first kappa shape index (κ1) is 13.7. The molecule has 2 bridgehead atoms. The van der Waals surface area contributed by atoms with E-state index in [1.807, 2.05) is 0 Å². The first-order valence-electron chi connectivity index (χ1n) is 6.05. The molecule has 0 saturated carbocycles. The summed E-state index contributed by atoms with van der Waals surface area (Å²) in [6, 6.07) is 0. The normalized spacial score (nSPS) is 20.5. The van der Waals surface area contributed by atoms with E-state index in [4.69, 9.17) is 11.0 Å². The van der Waals surface area contributed by atoms with Gasteiger partial charge in [0, 0.05) is 0 Å². The molecule has 1 radical (unpaired) electrons. The average Bonchev–Trinajstić information content (AvgIpc) is 2.07. The fourth-order valence-electron chi connectivity index (χ4n) is 1.68. The summed E-state index contributed by atoms with van der Waals surface area (Å²) in [7, 11) is -0.520. The number of carbonyl (C=O) groups is 1. The molecule has 0 spiro atoms. The summed E-state index contributed by atoms with van der Waals surface area (Å²) in [6.45, 7) is 6.68. The van der Waals surface area contributed by atoms with Gasteiger partial charge in [0.25, 0.3) is 0 Å². The van der Waals surface area contributed by atoms with E-state index in [1.165, 1.54) is 6.42 Å². The molecule has 3 aliphatic rings. The Morgan fingerprint density at radius 3 is 2.29 bits per heavy atom. The molecule has 0 aromatic rings. The van der Waals surface area contributed by atoms with Gasteiger partial charge in [-0.3, -0.25) is 0 Å². The van der Waals surface area contributed by atoms with E-state index in [1.54, 1.807) is 0 Å². The van der Waals surface area contributed by atoms with Gasteiger partial charge in [-0.05, 0) is 0 Å². The van der Waals surface area contributed by atoms with E-state index in [2.05, 4.69) is 20.8 Å². The molecule has 3 fully saturated rings. The van der Waals surface area contributed by atoms with E-state index < -0.39 is 29.3 Å². The summed E-state index contributed by atoms with van der Waals surface area (Å²) in [5.41, 5.74) is 0.374. The summed E-state index contributed by atoms with van der Waals surface area (Å²) < 4.78 is 20.4. The quantitative estimate of drug-likeness (QED) is 0.469. The van der Waals surface area contributed by atoms with Crippen molar-refractivity contribution in [2.45, 2.75) is 52.9 Å². The average molecular weight is 439 g/mol. The van der Waals surface area contributed by atoms with Crippen LogP contribution < -0.4 is 0 Å². The van der Waals surface area contributed by atoms with Crippen LogP contribution in [0.4, 0.5) is 0 Å². The van der Waals surface area contributed by atoms with Crippen molar-refractivity contribution in [2.24, 2.45) is 5.41 Å². The van der Waals surface area contributed by atoms with E-state index in [0.717, 1.165) is 19.3 Å². The third-order valence-corrected chi connectivity index (χ3v) is 9.35. The molecule has 3 rings (SSSR count). The van der Waals surface area contributed by atoms with Gasteiger partial charge in [0.1, 0.15) is 0 Å². The van der Waals surface area contributed by atoms with Crippen molar-refractivity contribution in [1.82, 2.24) is 0 Å². The van der Waals surface area contributed by atoms with Crippen LogP contribution >= 0.6 is 0 Å². The van der Waals surface area contributed by atoms with E-state index in [9.17, 15) is 4.79 Å². The number of hydrogen-bond donors (Lipinski definition) is 0. The Bertz CT molecular complexity index is 287. The molecule has 0 amide bonds. The standard InChI is InChI=1S/C10H20O2.BO3.Bi/c1-10(2,3)8-6-4-5-7-9(11)12;2-1(3)4;/h4-8H2,1-3H3,(H,11,12);;/q;-3;+4/p-1. The molecule has 7 heteroatoms. The number of rotatable bonds is 6. The first-order chi connectivity index (χ1) is 7.89. The molecule has 3 saturated heterocycles. The van der Waals surface area contributed by atoms with Gasteiger partial charge in [-0.25, -0.2) is 0 Å². The first-order valence-corrected chi connectivity index (χ1v) is 11.7. The molecule has 5 nitrogen and oxygen atoms in total. The second-order valence-electron chi connectivity index (χ2n) is 5.64. The zero-order chi connectivity index (χ0) is 12.5. The van der Waals surface area contributed by atoms with Gasteiger partial charge < -0.3 is 0 Å². The van der Waals surface area contributed by atoms with Gasteiger partial charge in [-0.2, -0.15) is 0 Å². The van der Waals surface area contributed by atoms with Crippen LogP contribution in [-0.2, 0) is 15.8 Å². The van der Waals surface area contributed by atoms with E-state index >= 15 is 0 Å². The summed E-state index contributed by atoms with van der Waals surface area (Å²) in [6.07, 6.45) is 4.69. The van der Waals surface area contributed by atoms with Gasteiger partial charge >= 0.3 is 109 Å². The molecule has 17 heavy (non-hydrogen) atoms. The van der Waals surface area contributed by atoms with Crippen molar-refractivity contribution >= 4 is 35.3 Å². The number of carbonyl (C=O) groups excluding carboxylic acids is 1. The third kappa shape index (κ3) is 3.88. The molecule has 0 aromatic heterocycles. The maximum atomic E-state index is 11.4. The van der Waals surface area contributed by atoms with Crippen LogP contribution in [0.5, 0.6) is 0 Å². The molecule has 0 unspecified atom stereocenters. The van der Waals surface area contributed by atoms with Crippen LogP contribution in [0.3, 0.4) is 0 Å². The third-order valence-electron chi connectivity index (χ3n) is 2.67. The van der Waals surface area contributed by atoms with Crippen LogP contribution in [-0.4, -0.2) is 35.3 Å².